The van der Waals surface area contributed by atoms with Gasteiger partial charge in [0.05, 0.1) is 12.7 Å². The van der Waals surface area contributed by atoms with E-state index in [4.69, 9.17) is 17.0 Å². The van der Waals surface area contributed by atoms with E-state index in [0.29, 0.717) is 21.6 Å². The van der Waals surface area contributed by atoms with Gasteiger partial charge < -0.3 is 15.4 Å². The van der Waals surface area contributed by atoms with Crippen molar-refractivity contribution in [1.29, 1.82) is 0 Å². The molecule has 0 fully saturated rings. The zero-order valence-corrected chi connectivity index (χ0v) is 18.5. The van der Waals surface area contributed by atoms with Crippen molar-refractivity contribution in [3.8, 4) is 10.4 Å². The molecule has 150 valence electrons. The molecule has 0 radical (unpaired) electrons. The third-order valence-corrected chi connectivity index (χ3v) is 5.89. The summed E-state index contributed by atoms with van der Waals surface area (Å²) >= 11 is 7.03. The highest BCUT2D eigenvalue weighted by Gasteiger charge is 2.19. The lowest BCUT2D eigenvalue weighted by molar-refractivity contribution is 0.0602. The molecule has 0 bridgehead atoms. The summed E-state index contributed by atoms with van der Waals surface area (Å²) in [4.78, 5) is 13.3. The number of methoxy groups -OCH3 is 1. The molecular weight excluding hydrogens is 400 g/mol. The first-order chi connectivity index (χ1) is 13.9. The van der Waals surface area contributed by atoms with E-state index in [-0.39, 0.29) is 0 Å². The number of thiophene rings is 1. The number of carbonyl (C=O) groups is 1. The van der Waals surface area contributed by atoms with Crippen LogP contribution in [0.25, 0.3) is 10.4 Å². The predicted molar refractivity (Wildman–Crippen MR) is 126 cm³/mol. The molecule has 0 atom stereocenters. The summed E-state index contributed by atoms with van der Waals surface area (Å²) in [5.74, 6) is -0.0373. The van der Waals surface area contributed by atoms with Crippen molar-refractivity contribution in [2.75, 3.05) is 17.7 Å². The molecule has 3 aromatic rings. The second kappa shape index (κ2) is 9.20. The minimum atomic E-state index is -0.396. The molecule has 6 heteroatoms. The molecule has 3 rings (SSSR count). The monoisotopic (exact) mass is 424 g/mol. The molecule has 0 saturated carbocycles. The maximum atomic E-state index is 12.3. The van der Waals surface area contributed by atoms with Crippen molar-refractivity contribution in [2.24, 2.45) is 0 Å². The van der Waals surface area contributed by atoms with Gasteiger partial charge in [-0.15, -0.1) is 11.3 Å². The second-order valence-corrected chi connectivity index (χ2v) is 8.44. The van der Waals surface area contributed by atoms with E-state index in [1.807, 2.05) is 42.5 Å². The second-order valence-electron chi connectivity index (χ2n) is 6.98. The zero-order valence-electron chi connectivity index (χ0n) is 16.9. The molecule has 0 unspecified atom stereocenters. The number of ether oxygens (including phenoxy) is 1. The molecular formula is C23H24N2O2S2. The van der Waals surface area contributed by atoms with E-state index in [2.05, 4.69) is 43.5 Å². The Hall–Kier alpha value is -2.70. The lowest BCUT2D eigenvalue weighted by Gasteiger charge is -2.18. The first kappa shape index (κ1) is 21.0. The molecule has 1 aromatic heterocycles. The van der Waals surface area contributed by atoms with Crippen LogP contribution >= 0.6 is 23.6 Å². The molecule has 0 amide bonds. The van der Waals surface area contributed by atoms with Crippen molar-refractivity contribution in [2.45, 2.75) is 26.7 Å². The quantitative estimate of drug-likeness (QED) is 0.364. The van der Waals surface area contributed by atoms with Crippen LogP contribution < -0.4 is 10.6 Å². The van der Waals surface area contributed by atoms with E-state index >= 15 is 0 Å². The zero-order chi connectivity index (χ0) is 21.0. The fraction of sp³-hybridized carbons (Fsp3) is 0.217. The van der Waals surface area contributed by atoms with Gasteiger partial charge in [0, 0.05) is 10.6 Å². The van der Waals surface area contributed by atoms with Crippen LogP contribution in [0.1, 0.15) is 41.3 Å². The standard InChI is InChI=1S/C23H24N2O2S2/c1-14(2)17-12-8-9-15(3)20(17)24-23(28)25-21-18(22(26)27-4)13-19(29-21)16-10-6-5-7-11-16/h5-14H,1-4H3,(H2,24,25,28). The molecule has 2 aromatic carbocycles. The Kier molecular flexibility index (Phi) is 6.67. The van der Waals surface area contributed by atoms with Crippen LogP contribution in [-0.2, 0) is 4.74 Å². The summed E-state index contributed by atoms with van der Waals surface area (Å²) < 4.78 is 4.96. The summed E-state index contributed by atoms with van der Waals surface area (Å²) in [6, 6.07) is 18.0. The van der Waals surface area contributed by atoms with Crippen LogP contribution in [0.15, 0.2) is 54.6 Å². The minimum Gasteiger partial charge on any atom is -0.465 e. The number of nitrogens with one attached hydrogen (secondary N) is 2. The number of para-hydroxylation sites is 1. The van der Waals surface area contributed by atoms with Gasteiger partial charge in [0.25, 0.3) is 0 Å². The lowest BCUT2D eigenvalue weighted by atomic mass is 9.98. The van der Waals surface area contributed by atoms with Crippen LogP contribution in [0.2, 0.25) is 0 Å². The van der Waals surface area contributed by atoms with Crippen molar-refractivity contribution in [1.82, 2.24) is 0 Å². The molecule has 1 heterocycles. The van der Waals surface area contributed by atoms with Gasteiger partial charge in [-0.1, -0.05) is 62.4 Å². The Morgan fingerprint density at radius 2 is 1.79 bits per heavy atom. The van der Waals surface area contributed by atoms with E-state index in [1.165, 1.54) is 24.0 Å². The number of anilines is 2. The Balaban J connectivity index is 1.89. The average Bonchev–Trinajstić information content (AvgIpc) is 3.13. The molecule has 0 spiro atoms. The van der Waals surface area contributed by atoms with Gasteiger partial charge in [0.1, 0.15) is 5.00 Å². The van der Waals surface area contributed by atoms with Gasteiger partial charge in [0.15, 0.2) is 5.11 Å². The molecule has 4 nitrogen and oxygen atoms in total. The summed E-state index contributed by atoms with van der Waals surface area (Å²) in [5, 5.41) is 7.61. The fourth-order valence-corrected chi connectivity index (χ4v) is 4.41. The third-order valence-electron chi connectivity index (χ3n) is 4.59. The number of aryl methyl sites for hydroxylation is 1. The van der Waals surface area contributed by atoms with Gasteiger partial charge in [0.2, 0.25) is 0 Å². The minimum absolute atomic E-state index is 0.359. The van der Waals surface area contributed by atoms with E-state index in [0.717, 1.165) is 21.7 Å². The third kappa shape index (κ3) is 4.83. The highest BCUT2D eigenvalue weighted by Crippen LogP contribution is 2.36. The normalized spacial score (nSPS) is 10.7. The number of esters is 1. The Bertz CT molecular complexity index is 1030. The number of hydrogen-bond acceptors (Lipinski definition) is 4. The number of hydrogen-bond donors (Lipinski definition) is 2. The first-order valence-electron chi connectivity index (χ1n) is 9.35. The van der Waals surface area contributed by atoms with Gasteiger partial charge in [-0.2, -0.15) is 0 Å². The maximum absolute atomic E-state index is 12.3. The number of rotatable bonds is 5. The number of benzene rings is 2. The first-order valence-corrected chi connectivity index (χ1v) is 10.6. The molecule has 29 heavy (non-hydrogen) atoms. The van der Waals surface area contributed by atoms with Crippen molar-refractivity contribution in [3.05, 3.63) is 71.3 Å². The lowest BCUT2D eigenvalue weighted by Crippen LogP contribution is -2.21. The molecule has 0 saturated heterocycles. The van der Waals surface area contributed by atoms with Crippen LogP contribution in [0.5, 0.6) is 0 Å². The van der Waals surface area contributed by atoms with Crippen LogP contribution in [0.4, 0.5) is 10.7 Å². The largest absolute Gasteiger partial charge is 0.465 e. The summed E-state index contributed by atoms with van der Waals surface area (Å²) in [6.45, 7) is 6.35. The molecule has 0 aliphatic heterocycles. The van der Waals surface area contributed by atoms with Crippen molar-refractivity contribution in [3.63, 3.8) is 0 Å². The average molecular weight is 425 g/mol. The Labute approximate surface area is 180 Å². The highest BCUT2D eigenvalue weighted by molar-refractivity contribution is 7.80. The van der Waals surface area contributed by atoms with Crippen LogP contribution in [0, 0.1) is 6.92 Å². The fourth-order valence-electron chi connectivity index (χ4n) is 3.08. The molecule has 2 N–H and O–H groups in total. The predicted octanol–water partition coefficient (Wildman–Crippen LogP) is 6.44. The Morgan fingerprint density at radius 1 is 1.07 bits per heavy atom. The summed E-state index contributed by atoms with van der Waals surface area (Å²) in [5.41, 5.74) is 4.81. The van der Waals surface area contributed by atoms with Crippen molar-refractivity contribution >= 4 is 45.3 Å². The summed E-state index contributed by atoms with van der Waals surface area (Å²) in [7, 11) is 1.38. The SMILES string of the molecule is COC(=O)c1cc(-c2ccccc2)sc1NC(=S)Nc1c(C)cccc1C(C)C. The van der Waals surface area contributed by atoms with Gasteiger partial charge in [-0.25, -0.2) is 4.79 Å². The van der Waals surface area contributed by atoms with Gasteiger partial charge >= 0.3 is 5.97 Å². The van der Waals surface area contributed by atoms with E-state index < -0.39 is 5.97 Å². The maximum Gasteiger partial charge on any atom is 0.340 e. The van der Waals surface area contributed by atoms with E-state index in [1.54, 1.807) is 0 Å². The smallest absolute Gasteiger partial charge is 0.340 e. The highest BCUT2D eigenvalue weighted by atomic mass is 32.1. The number of carbonyl (C=O) groups excluding carboxylic acids is 1. The topological polar surface area (TPSA) is 50.4 Å². The van der Waals surface area contributed by atoms with Crippen LogP contribution in [0.3, 0.4) is 0 Å². The van der Waals surface area contributed by atoms with Crippen molar-refractivity contribution < 1.29 is 9.53 Å². The Morgan fingerprint density at radius 3 is 2.45 bits per heavy atom. The summed E-state index contributed by atoms with van der Waals surface area (Å²) in [6.07, 6.45) is 0. The van der Waals surface area contributed by atoms with Gasteiger partial charge in [-0.3, -0.25) is 0 Å². The van der Waals surface area contributed by atoms with Crippen LogP contribution in [-0.4, -0.2) is 18.2 Å². The van der Waals surface area contributed by atoms with Gasteiger partial charge in [-0.05, 0) is 47.8 Å². The van der Waals surface area contributed by atoms with E-state index in [9.17, 15) is 4.79 Å². The molecule has 0 aliphatic rings. The number of thiocarbonyl (C=S) groups is 1. The molecule has 0 aliphatic carbocycles.